The minimum Gasteiger partial charge on any atom is -0.335 e. The number of likely N-dealkylation sites (tertiary alicyclic amines) is 1. The maximum Gasteiger partial charge on any atom is 0.237 e. The molecule has 0 radical (unpaired) electrons. The average Bonchev–Trinajstić information content (AvgIpc) is 3.21. The van der Waals surface area contributed by atoms with Gasteiger partial charge in [-0.3, -0.25) is 9.69 Å². The third-order valence-electron chi connectivity index (χ3n) is 4.34. The molecule has 1 amide bonds. The lowest BCUT2D eigenvalue weighted by atomic mass is 10.0. The largest absolute Gasteiger partial charge is 0.335 e. The zero-order chi connectivity index (χ0) is 17.1. The summed E-state index contributed by atoms with van der Waals surface area (Å²) in [6.45, 7) is 2.02. The monoisotopic (exact) mass is 382 g/mol. The van der Waals surface area contributed by atoms with Gasteiger partial charge in [0.2, 0.25) is 5.91 Å². The molecule has 2 heterocycles. The maximum atomic E-state index is 12.7. The third kappa shape index (κ3) is 4.12. The molecule has 128 valence electrons. The highest BCUT2D eigenvalue weighted by atomic mass is 35.5. The zero-order valence-electron chi connectivity index (χ0n) is 13.5. The Morgan fingerprint density at radius 3 is 2.88 bits per heavy atom. The number of carbonyl (C=O) groups is 1. The number of hydrogen-bond donors (Lipinski definition) is 0. The molecule has 2 aromatic rings. The van der Waals surface area contributed by atoms with Crippen LogP contribution in [-0.2, 0) is 11.3 Å². The van der Waals surface area contributed by atoms with Crippen molar-refractivity contribution >= 4 is 40.4 Å². The van der Waals surface area contributed by atoms with Gasteiger partial charge in [0.05, 0.1) is 22.6 Å². The Labute approximate surface area is 156 Å². The molecule has 1 fully saturated rings. The van der Waals surface area contributed by atoms with Crippen molar-refractivity contribution in [2.24, 2.45) is 0 Å². The molecule has 0 unspecified atom stereocenters. The summed E-state index contributed by atoms with van der Waals surface area (Å²) in [5, 5.41) is 5.27. The van der Waals surface area contributed by atoms with Gasteiger partial charge in [-0.25, -0.2) is 0 Å². The number of thiophene rings is 1. The van der Waals surface area contributed by atoms with Gasteiger partial charge in [0.25, 0.3) is 0 Å². The second-order valence-corrected chi connectivity index (χ2v) is 7.82. The summed E-state index contributed by atoms with van der Waals surface area (Å²) in [5.41, 5.74) is 2.31. The first-order valence-electron chi connectivity index (χ1n) is 7.98. The number of likely N-dealkylation sites (N-methyl/N-ethyl adjacent to an activating group) is 1. The van der Waals surface area contributed by atoms with Crippen LogP contribution in [0, 0.1) is 0 Å². The fraction of sp³-hybridized carbons (Fsp3) is 0.389. The Morgan fingerprint density at radius 2 is 2.17 bits per heavy atom. The number of carbonyl (C=O) groups excluding carboxylic acids is 1. The number of rotatable bonds is 5. The topological polar surface area (TPSA) is 23.6 Å². The van der Waals surface area contributed by atoms with Gasteiger partial charge in [0.15, 0.2) is 0 Å². The quantitative estimate of drug-likeness (QED) is 0.737. The molecule has 1 aliphatic rings. The number of benzene rings is 1. The van der Waals surface area contributed by atoms with Crippen LogP contribution in [0.1, 0.15) is 30.0 Å². The van der Waals surface area contributed by atoms with Gasteiger partial charge in [-0.05, 0) is 60.0 Å². The first-order valence-corrected chi connectivity index (χ1v) is 9.68. The summed E-state index contributed by atoms with van der Waals surface area (Å²) in [4.78, 5) is 16.8. The van der Waals surface area contributed by atoms with E-state index in [1.165, 1.54) is 5.56 Å². The first kappa shape index (κ1) is 17.7. The van der Waals surface area contributed by atoms with Gasteiger partial charge in [0.1, 0.15) is 0 Å². The van der Waals surface area contributed by atoms with E-state index in [0.29, 0.717) is 16.6 Å². The summed E-state index contributed by atoms with van der Waals surface area (Å²) in [5.74, 6) is 0.168. The highest BCUT2D eigenvalue weighted by Gasteiger charge is 2.30. The number of halogens is 2. The van der Waals surface area contributed by atoms with Crippen molar-refractivity contribution in [2.75, 3.05) is 20.1 Å². The van der Waals surface area contributed by atoms with Crippen molar-refractivity contribution in [1.29, 1.82) is 0 Å². The maximum absolute atomic E-state index is 12.7. The van der Waals surface area contributed by atoms with Gasteiger partial charge in [0, 0.05) is 13.1 Å². The van der Waals surface area contributed by atoms with Crippen molar-refractivity contribution < 1.29 is 4.79 Å². The molecule has 3 nitrogen and oxygen atoms in total. The van der Waals surface area contributed by atoms with Crippen LogP contribution in [-0.4, -0.2) is 35.8 Å². The van der Waals surface area contributed by atoms with E-state index < -0.39 is 0 Å². The van der Waals surface area contributed by atoms with Crippen molar-refractivity contribution in [1.82, 2.24) is 9.80 Å². The molecule has 1 aromatic heterocycles. The van der Waals surface area contributed by atoms with Crippen molar-refractivity contribution in [3.63, 3.8) is 0 Å². The van der Waals surface area contributed by atoms with Crippen LogP contribution >= 0.6 is 34.5 Å². The van der Waals surface area contributed by atoms with Crippen molar-refractivity contribution in [2.45, 2.75) is 25.4 Å². The molecule has 3 rings (SSSR count). The van der Waals surface area contributed by atoms with E-state index in [1.54, 1.807) is 11.3 Å². The van der Waals surface area contributed by atoms with E-state index in [1.807, 2.05) is 30.1 Å². The van der Waals surface area contributed by atoms with Crippen molar-refractivity contribution in [3.8, 4) is 0 Å². The molecule has 1 saturated heterocycles. The summed E-state index contributed by atoms with van der Waals surface area (Å²) in [7, 11) is 1.99. The molecule has 0 saturated carbocycles. The van der Waals surface area contributed by atoms with E-state index in [4.69, 9.17) is 23.2 Å². The predicted molar refractivity (Wildman–Crippen MR) is 101 cm³/mol. The zero-order valence-corrected chi connectivity index (χ0v) is 15.9. The van der Waals surface area contributed by atoms with Crippen LogP contribution in [0.5, 0.6) is 0 Å². The fourth-order valence-electron chi connectivity index (χ4n) is 3.20. The average molecular weight is 383 g/mol. The standard InChI is InChI=1S/C18H20Cl2N2OS/c1-21(10-13-6-8-24-12-13)11-18(23)22-7-2-3-17(22)14-4-5-15(19)16(20)9-14/h4-6,8-9,12,17H,2-3,7,10-11H2,1H3/t17-/m0/s1. The van der Waals surface area contributed by atoms with E-state index in [-0.39, 0.29) is 11.9 Å². The molecular formula is C18H20Cl2N2OS. The molecule has 6 heteroatoms. The highest BCUT2D eigenvalue weighted by molar-refractivity contribution is 7.07. The summed E-state index contributed by atoms with van der Waals surface area (Å²) in [6, 6.07) is 7.86. The lowest BCUT2D eigenvalue weighted by Crippen LogP contribution is -2.38. The van der Waals surface area contributed by atoms with Crippen LogP contribution in [0.15, 0.2) is 35.0 Å². The summed E-state index contributed by atoms with van der Waals surface area (Å²) >= 11 is 13.8. The normalized spacial score (nSPS) is 17.7. The third-order valence-corrected chi connectivity index (χ3v) is 5.81. The lowest BCUT2D eigenvalue weighted by molar-refractivity contribution is -0.133. The van der Waals surface area contributed by atoms with Gasteiger partial charge < -0.3 is 4.90 Å². The van der Waals surface area contributed by atoms with Crippen LogP contribution in [0.2, 0.25) is 10.0 Å². The molecule has 0 bridgehead atoms. The van der Waals surface area contributed by atoms with Crippen LogP contribution in [0.25, 0.3) is 0 Å². The summed E-state index contributed by atoms with van der Waals surface area (Å²) in [6.07, 6.45) is 1.99. The minimum atomic E-state index is 0.0989. The Bertz CT molecular complexity index is 705. The Balaban J connectivity index is 1.65. The molecule has 0 N–H and O–H groups in total. The van der Waals surface area contributed by atoms with E-state index >= 15 is 0 Å². The van der Waals surface area contributed by atoms with Crippen LogP contribution in [0.4, 0.5) is 0 Å². The predicted octanol–water partition coefficient (Wildman–Crippen LogP) is 4.85. The second kappa shape index (κ2) is 7.87. The molecule has 1 aliphatic heterocycles. The molecule has 1 atom stereocenters. The number of hydrogen-bond acceptors (Lipinski definition) is 3. The second-order valence-electron chi connectivity index (χ2n) is 6.22. The number of nitrogens with zero attached hydrogens (tertiary/aromatic N) is 2. The Hall–Kier alpha value is -1.07. The van der Waals surface area contributed by atoms with E-state index in [9.17, 15) is 4.79 Å². The highest BCUT2D eigenvalue weighted by Crippen LogP contribution is 2.35. The first-order chi connectivity index (χ1) is 11.5. The SMILES string of the molecule is CN(CC(=O)N1CCC[C@H]1c1ccc(Cl)c(Cl)c1)Cc1ccsc1. The van der Waals surface area contributed by atoms with Gasteiger partial charge in [-0.2, -0.15) is 11.3 Å². The summed E-state index contributed by atoms with van der Waals surface area (Å²) < 4.78 is 0. The molecule has 1 aromatic carbocycles. The lowest BCUT2D eigenvalue weighted by Gasteiger charge is -2.27. The fourth-order valence-corrected chi connectivity index (χ4v) is 4.17. The molecule has 0 aliphatic carbocycles. The molecule has 0 spiro atoms. The number of amides is 1. The van der Waals surface area contributed by atoms with Gasteiger partial charge in [-0.15, -0.1) is 0 Å². The Kier molecular flexibility index (Phi) is 5.82. The smallest absolute Gasteiger partial charge is 0.237 e. The van der Waals surface area contributed by atoms with Crippen molar-refractivity contribution in [3.05, 3.63) is 56.2 Å². The van der Waals surface area contributed by atoms with Crippen LogP contribution < -0.4 is 0 Å². The van der Waals surface area contributed by atoms with Crippen LogP contribution in [0.3, 0.4) is 0 Å². The molecular weight excluding hydrogens is 363 g/mol. The minimum absolute atomic E-state index is 0.0989. The van der Waals surface area contributed by atoms with Gasteiger partial charge in [-0.1, -0.05) is 29.3 Å². The Morgan fingerprint density at radius 1 is 1.33 bits per heavy atom. The molecule has 24 heavy (non-hydrogen) atoms. The van der Waals surface area contributed by atoms with Gasteiger partial charge >= 0.3 is 0 Å². The van der Waals surface area contributed by atoms with E-state index in [0.717, 1.165) is 31.5 Å². The van der Waals surface area contributed by atoms with E-state index in [2.05, 4.69) is 21.7 Å².